The first-order valence-electron chi connectivity index (χ1n) is 7.18. The number of aromatic nitrogens is 1. The van der Waals surface area contributed by atoms with Crippen molar-refractivity contribution in [2.75, 3.05) is 18.4 Å². The molecule has 0 unspecified atom stereocenters. The van der Waals surface area contributed by atoms with Gasteiger partial charge in [0.05, 0.1) is 5.56 Å². The first kappa shape index (κ1) is 12.9. The van der Waals surface area contributed by atoms with E-state index in [1.54, 1.807) is 18.3 Å². The number of amides is 1. The van der Waals surface area contributed by atoms with Gasteiger partial charge in [-0.3, -0.25) is 4.79 Å². The van der Waals surface area contributed by atoms with Gasteiger partial charge in [-0.25, -0.2) is 4.98 Å². The molecule has 0 bridgehead atoms. The highest BCUT2D eigenvalue weighted by Crippen LogP contribution is 2.32. The molecule has 5 nitrogen and oxygen atoms in total. The van der Waals surface area contributed by atoms with Gasteiger partial charge in [0.15, 0.2) is 0 Å². The van der Waals surface area contributed by atoms with Crippen LogP contribution in [0.5, 0.6) is 0 Å². The fourth-order valence-corrected chi connectivity index (χ4v) is 2.64. The van der Waals surface area contributed by atoms with E-state index in [9.17, 15) is 4.79 Å². The Hall–Kier alpha value is -2.09. The van der Waals surface area contributed by atoms with Gasteiger partial charge in [-0.15, -0.1) is 0 Å². The second kappa shape index (κ2) is 5.49. The van der Waals surface area contributed by atoms with Crippen molar-refractivity contribution < 1.29 is 4.79 Å². The lowest BCUT2D eigenvalue weighted by atomic mass is 10.0. The van der Waals surface area contributed by atoms with Crippen molar-refractivity contribution in [1.82, 2.24) is 9.88 Å². The molecular formula is C15H18N4O. The molecule has 0 spiro atoms. The van der Waals surface area contributed by atoms with Crippen LogP contribution in [0, 0.1) is 17.2 Å². The van der Waals surface area contributed by atoms with E-state index in [2.05, 4.69) is 16.4 Å². The van der Waals surface area contributed by atoms with Crippen molar-refractivity contribution in [3.05, 3.63) is 23.9 Å². The Balaban J connectivity index is 1.56. The molecule has 5 heteroatoms. The molecule has 1 amide bonds. The Morgan fingerprint density at radius 3 is 2.75 bits per heavy atom. The van der Waals surface area contributed by atoms with Crippen LogP contribution in [0.15, 0.2) is 18.3 Å². The zero-order valence-electron chi connectivity index (χ0n) is 11.4. The van der Waals surface area contributed by atoms with Crippen molar-refractivity contribution in [3.8, 4) is 6.07 Å². The van der Waals surface area contributed by atoms with Crippen LogP contribution < -0.4 is 5.32 Å². The Morgan fingerprint density at radius 1 is 1.35 bits per heavy atom. The predicted molar refractivity (Wildman–Crippen MR) is 74.9 cm³/mol. The second-order valence-corrected chi connectivity index (χ2v) is 5.53. The lowest BCUT2D eigenvalue weighted by Crippen LogP contribution is -2.43. The molecule has 1 saturated heterocycles. The summed E-state index contributed by atoms with van der Waals surface area (Å²) in [6.45, 7) is 1.61. The summed E-state index contributed by atoms with van der Waals surface area (Å²) in [6, 6.07) is 5.97. The number of carbonyl (C=O) groups is 1. The summed E-state index contributed by atoms with van der Waals surface area (Å²) in [7, 11) is 0. The van der Waals surface area contributed by atoms with Crippen LogP contribution in [0.4, 0.5) is 5.82 Å². The number of anilines is 1. The highest BCUT2D eigenvalue weighted by atomic mass is 16.2. The molecule has 1 saturated carbocycles. The third-order valence-corrected chi connectivity index (χ3v) is 4.00. The van der Waals surface area contributed by atoms with E-state index in [-0.39, 0.29) is 0 Å². The van der Waals surface area contributed by atoms with Crippen LogP contribution in [0.1, 0.15) is 31.2 Å². The molecule has 1 aliphatic carbocycles. The van der Waals surface area contributed by atoms with E-state index in [0.29, 0.717) is 29.2 Å². The summed E-state index contributed by atoms with van der Waals surface area (Å²) in [5, 5.41) is 12.4. The van der Waals surface area contributed by atoms with E-state index in [1.807, 2.05) is 4.90 Å². The molecule has 0 aromatic carbocycles. The number of carbonyl (C=O) groups excluding carboxylic acids is 1. The van der Waals surface area contributed by atoms with Gasteiger partial charge in [-0.2, -0.15) is 5.26 Å². The van der Waals surface area contributed by atoms with Crippen LogP contribution in [0.3, 0.4) is 0 Å². The van der Waals surface area contributed by atoms with Crippen molar-refractivity contribution in [2.45, 2.75) is 31.7 Å². The average molecular weight is 270 g/mol. The molecular weight excluding hydrogens is 252 g/mol. The molecule has 3 rings (SSSR count). The van der Waals surface area contributed by atoms with Gasteiger partial charge in [0.25, 0.3) is 0 Å². The molecule has 1 aromatic heterocycles. The molecule has 1 aromatic rings. The standard InChI is InChI=1S/C15H18N4O/c16-10-12-2-1-7-17-14(12)18-13-5-8-19(9-6-13)15(20)11-3-4-11/h1-2,7,11,13H,3-6,8-9H2,(H,17,18). The summed E-state index contributed by atoms with van der Waals surface area (Å²) in [4.78, 5) is 18.2. The fraction of sp³-hybridized carbons (Fsp3) is 0.533. The number of pyridine rings is 1. The first-order chi connectivity index (χ1) is 9.78. The molecule has 0 radical (unpaired) electrons. The normalized spacial score (nSPS) is 19.4. The van der Waals surface area contributed by atoms with Gasteiger partial charge in [0.1, 0.15) is 11.9 Å². The first-order valence-corrected chi connectivity index (χ1v) is 7.18. The van der Waals surface area contributed by atoms with Crippen LogP contribution in [0.2, 0.25) is 0 Å². The average Bonchev–Trinajstić information content (AvgIpc) is 3.32. The van der Waals surface area contributed by atoms with Crippen molar-refractivity contribution in [1.29, 1.82) is 5.26 Å². The minimum Gasteiger partial charge on any atom is -0.366 e. The lowest BCUT2D eigenvalue weighted by molar-refractivity contribution is -0.133. The molecule has 20 heavy (non-hydrogen) atoms. The zero-order chi connectivity index (χ0) is 13.9. The lowest BCUT2D eigenvalue weighted by Gasteiger charge is -2.32. The largest absolute Gasteiger partial charge is 0.366 e. The van der Waals surface area contributed by atoms with E-state index in [1.165, 1.54) is 0 Å². The monoisotopic (exact) mass is 270 g/mol. The van der Waals surface area contributed by atoms with Gasteiger partial charge in [0, 0.05) is 31.2 Å². The third kappa shape index (κ3) is 2.74. The Labute approximate surface area is 118 Å². The van der Waals surface area contributed by atoms with E-state index in [0.717, 1.165) is 38.8 Å². The van der Waals surface area contributed by atoms with Crippen LogP contribution in [-0.4, -0.2) is 34.9 Å². The number of piperidine rings is 1. The predicted octanol–water partition coefficient (Wildman–Crippen LogP) is 1.77. The number of hydrogen-bond acceptors (Lipinski definition) is 4. The number of hydrogen-bond donors (Lipinski definition) is 1. The number of rotatable bonds is 3. The van der Waals surface area contributed by atoms with Crippen molar-refractivity contribution >= 4 is 11.7 Å². The number of nitriles is 1. The molecule has 1 N–H and O–H groups in total. The summed E-state index contributed by atoms with van der Waals surface area (Å²) >= 11 is 0. The van der Waals surface area contributed by atoms with Crippen LogP contribution in [0.25, 0.3) is 0 Å². The van der Waals surface area contributed by atoms with Gasteiger partial charge in [0.2, 0.25) is 5.91 Å². The Kier molecular flexibility index (Phi) is 3.55. The van der Waals surface area contributed by atoms with Crippen molar-refractivity contribution in [3.63, 3.8) is 0 Å². The second-order valence-electron chi connectivity index (χ2n) is 5.53. The summed E-state index contributed by atoms with van der Waals surface area (Å²) < 4.78 is 0. The molecule has 0 atom stereocenters. The van der Waals surface area contributed by atoms with Gasteiger partial charge in [-0.05, 0) is 37.8 Å². The van der Waals surface area contributed by atoms with E-state index >= 15 is 0 Å². The van der Waals surface area contributed by atoms with E-state index < -0.39 is 0 Å². The van der Waals surface area contributed by atoms with Crippen molar-refractivity contribution in [2.24, 2.45) is 5.92 Å². The SMILES string of the molecule is N#Cc1cccnc1NC1CCN(C(=O)C2CC2)CC1. The minimum atomic E-state index is 0.292. The highest BCUT2D eigenvalue weighted by Gasteiger charge is 2.34. The third-order valence-electron chi connectivity index (χ3n) is 4.00. The molecule has 2 fully saturated rings. The van der Waals surface area contributed by atoms with Gasteiger partial charge >= 0.3 is 0 Å². The summed E-state index contributed by atoms with van der Waals surface area (Å²) in [5.41, 5.74) is 0.573. The molecule has 1 aliphatic heterocycles. The topological polar surface area (TPSA) is 69.0 Å². The summed E-state index contributed by atoms with van der Waals surface area (Å²) in [5.74, 6) is 1.29. The fourth-order valence-electron chi connectivity index (χ4n) is 2.64. The quantitative estimate of drug-likeness (QED) is 0.908. The molecule has 2 heterocycles. The number of likely N-dealkylation sites (tertiary alicyclic amines) is 1. The molecule has 2 aliphatic rings. The smallest absolute Gasteiger partial charge is 0.225 e. The van der Waals surface area contributed by atoms with E-state index in [4.69, 9.17) is 5.26 Å². The maximum absolute atomic E-state index is 12.0. The summed E-state index contributed by atoms with van der Waals surface area (Å²) in [6.07, 6.45) is 5.65. The number of nitrogens with one attached hydrogen (secondary N) is 1. The van der Waals surface area contributed by atoms with Crippen LogP contribution >= 0.6 is 0 Å². The number of nitrogens with zero attached hydrogens (tertiary/aromatic N) is 3. The zero-order valence-corrected chi connectivity index (χ0v) is 11.4. The maximum atomic E-state index is 12.0. The minimum absolute atomic E-state index is 0.292. The molecule has 104 valence electrons. The van der Waals surface area contributed by atoms with Crippen LogP contribution in [-0.2, 0) is 4.79 Å². The van der Waals surface area contributed by atoms with Gasteiger partial charge < -0.3 is 10.2 Å². The highest BCUT2D eigenvalue weighted by molar-refractivity contribution is 5.81. The Bertz CT molecular complexity index is 539. The maximum Gasteiger partial charge on any atom is 0.225 e. The van der Waals surface area contributed by atoms with Gasteiger partial charge in [-0.1, -0.05) is 0 Å². The Morgan fingerprint density at radius 2 is 2.10 bits per heavy atom.